The summed E-state index contributed by atoms with van der Waals surface area (Å²) in [4.78, 5) is 42.0. The van der Waals surface area contributed by atoms with Gasteiger partial charge in [0.1, 0.15) is 17.7 Å². The molecule has 0 fully saturated rings. The Bertz CT molecular complexity index is 1140. The number of rotatable bonds is 9. The number of ether oxygens (including phenoxy) is 1. The summed E-state index contributed by atoms with van der Waals surface area (Å²) < 4.78 is 5.18. The van der Waals surface area contributed by atoms with Crippen LogP contribution in [0.5, 0.6) is 0 Å². The molecule has 3 aromatic rings. The number of nitrogens with one attached hydrogen (secondary N) is 3. The molecule has 0 bridgehead atoms. The first kappa shape index (κ1) is 23.4. The highest BCUT2D eigenvalue weighted by atomic mass is 35.5. The number of carbonyl (C=O) groups excluding carboxylic acids is 2. The van der Waals surface area contributed by atoms with E-state index in [1.54, 1.807) is 12.1 Å². The fraction of sp³-hybridized carbons (Fsp3) is 0.143. The molecule has 3 N–H and O–H groups in total. The van der Waals surface area contributed by atoms with E-state index >= 15 is 0 Å². The molecule has 12 heteroatoms. The molecule has 170 valence electrons. The first-order valence-corrected chi connectivity index (χ1v) is 10.0. The van der Waals surface area contributed by atoms with Crippen LogP contribution in [0.25, 0.3) is 0 Å². The molecule has 1 aromatic heterocycles. The van der Waals surface area contributed by atoms with Crippen LogP contribution >= 0.6 is 11.6 Å². The summed E-state index contributed by atoms with van der Waals surface area (Å²) in [5.74, 6) is -0.624. The third kappa shape index (κ3) is 7.14. The van der Waals surface area contributed by atoms with Gasteiger partial charge in [0, 0.05) is 29.9 Å². The second-order valence-corrected chi connectivity index (χ2v) is 7.15. The molecule has 0 aliphatic heterocycles. The van der Waals surface area contributed by atoms with Crippen molar-refractivity contribution in [2.45, 2.75) is 19.1 Å². The highest BCUT2D eigenvalue weighted by Crippen LogP contribution is 2.24. The second kappa shape index (κ2) is 11.4. The SMILES string of the molecule is O=C(N[C@@H](Cc1cnc[nH]1)C(=O)N/N=C\c1ccc(Cl)c([N+](=O)[O-])c1)OCc1ccccc1. The van der Waals surface area contributed by atoms with Crippen LogP contribution in [0.1, 0.15) is 16.8 Å². The van der Waals surface area contributed by atoms with E-state index in [1.165, 1.54) is 36.9 Å². The molecule has 0 aliphatic rings. The van der Waals surface area contributed by atoms with E-state index in [4.69, 9.17) is 16.3 Å². The number of nitro benzene ring substituents is 1. The molecule has 0 unspecified atom stereocenters. The molecule has 3 rings (SSSR count). The predicted octanol–water partition coefficient (Wildman–Crippen LogP) is 2.96. The van der Waals surface area contributed by atoms with Gasteiger partial charge in [-0.05, 0) is 11.6 Å². The lowest BCUT2D eigenvalue weighted by molar-refractivity contribution is -0.384. The zero-order chi connectivity index (χ0) is 23.6. The van der Waals surface area contributed by atoms with Crippen molar-refractivity contribution < 1.29 is 19.2 Å². The third-order valence-corrected chi connectivity index (χ3v) is 4.68. The van der Waals surface area contributed by atoms with Crippen LogP contribution in [0, 0.1) is 10.1 Å². The van der Waals surface area contributed by atoms with Crippen molar-refractivity contribution in [3.8, 4) is 0 Å². The van der Waals surface area contributed by atoms with Crippen molar-refractivity contribution in [1.29, 1.82) is 0 Å². The number of carbonyl (C=O) groups is 2. The van der Waals surface area contributed by atoms with Gasteiger partial charge in [0.05, 0.1) is 17.5 Å². The van der Waals surface area contributed by atoms with Gasteiger partial charge in [-0.3, -0.25) is 14.9 Å². The first-order valence-electron chi connectivity index (χ1n) is 9.63. The Balaban J connectivity index is 1.62. The van der Waals surface area contributed by atoms with Crippen molar-refractivity contribution >= 4 is 35.5 Å². The van der Waals surface area contributed by atoms with Crippen molar-refractivity contribution in [1.82, 2.24) is 20.7 Å². The minimum Gasteiger partial charge on any atom is -0.445 e. The number of aromatic amines is 1. The molecule has 0 radical (unpaired) electrons. The van der Waals surface area contributed by atoms with E-state index in [0.717, 1.165) is 5.56 Å². The maximum Gasteiger partial charge on any atom is 0.408 e. The van der Waals surface area contributed by atoms with Crippen LogP contribution in [0.3, 0.4) is 0 Å². The quantitative estimate of drug-likeness (QED) is 0.248. The summed E-state index contributed by atoms with van der Waals surface area (Å²) in [5.41, 5.74) is 3.78. The van der Waals surface area contributed by atoms with Gasteiger partial charge in [-0.2, -0.15) is 5.10 Å². The van der Waals surface area contributed by atoms with E-state index in [2.05, 4.69) is 25.8 Å². The molecule has 2 aromatic carbocycles. The van der Waals surface area contributed by atoms with Gasteiger partial charge < -0.3 is 15.0 Å². The maximum absolute atomic E-state index is 12.6. The van der Waals surface area contributed by atoms with E-state index in [1.807, 2.05) is 18.2 Å². The summed E-state index contributed by atoms with van der Waals surface area (Å²) in [6.07, 6.45) is 3.52. The van der Waals surface area contributed by atoms with Crippen LogP contribution in [-0.4, -0.2) is 39.1 Å². The highest BCUT2D eigenvalue weighted by Gasteiger charge is 2.22. The molecule has 0 saturated heterocycles. The number of aromatic nitrogens is 2. The first-order chi connectivity index (χ1) is 15.9. The van der Waals surface area contributed by atoms with Crippen LogP contribution in [0.4, 0.5) is 10.5 Å². The van der Waals surface area contributed by atoms with Crippen LogP contribution < -0.4 is 10.7 Å². The van der Waals surface area contributed by atoms with Crippen molar-refractivity contribution in [2.24, 2.45) is 5.10 Å². The van der Waals surface area contributed by atoms with Crippen molar-refractivity contribution in [3.63, 3.8) is 0 Å². The molecule has 0 spiro atoms. The largest absolute Gasteiger partial charge is 0.445 e. The fourth-order valence-electron chi connectivity index (χ4n) is 2.73. The molecular weight excluding hydrogens is 452 g/mol. The van der Waals surface area contributed by atoms with Gasteiger partial charge >= 0.3 is 6.09 Å². The topological polar surface area (TPSA) is 152 Å². The number of nitro groups is 1. The smallest absolute Gasteiger partial charge is 0.408 e. The van der Waals surface area contributed by atoms with Crippen LogP contribution in [0.2, 0.25) is 5.02 Å². The number of H-pyrrole nitrogens is 1. The Labute approximate surface area is 193 Å². The number of alkyl carbamates (subject to hydrolysis) is 1. The predicted molar refractivity (Wildman–Crippen MR) is 120 cm³/mol. The summed E-state index contributed by atoms with van der Waals surface area (Å²) in [7, 11) is 0. The highest BCUT2D eigenvalue weighted by molar-refractivity contribution is 6.32. The zero-order valence-corrected chi connectivity index (χ0v) is 17.9. The summed E-state index contributed by atoms with van der Waals surface area (Å²) in [5, 5.41) is 17.3. The van der Waals surface area contributed by atoms with Crippen LogP contribution in [0.15, 0.2) is 66.2 Å². The number of hydrogen-bond donors (Lipinski definition) is 3. The standard InChI is InChI=1S/C21H19ClN6O5/c22-17-7-6-15(8-19(17)28(31)32)10-25-27-20(29)18(9-16-11-23-13-24-16)26-21(30)33-12-14-4-2-1-3-5-14/h1-8,10-11,13,18H,9,12H2,(H,23,24)(H,26,30)(H,27,29)/b25-10-/t18-/m0/s1. The summed E-state index contributed by atoms with van der Waals surface area (Å²) >= 11 is 5.78. The Hall–Kier alpha value is -4.25. The summed E-state index contributed by atoms with van der Waals surface area (Å²) in [6.45, 7) is 0.0402. The van der Waals surface area contributed by atoms with Gasteiger partial charge in [0.2, 0.25) is 0 Å². The number of halogens is 1. The van der Waals surface area contributed by atoms with Crippen LogP contribution in [-0.2, 0) is 22.6 Å². The third-order valence-electron chi connectivity index (χ3n) is 4.36. The minimum absolute atomic E-state index is 0.0148. The lowest BCUT2D eigenvalue weighted by Gasteiger charge is -2.16. The zero-order valence-electron chi connectivity index (χ0n) is 17.1. The summed E-state index contributed by atoms with van der Waals surface area (Å²) in [6, 6.07) is 12.1. The van der Waals surface area contributed by atoms with E-state index < -0.39 is 23.0 Å². The Morgan fingerprint density at radius 3 is 2.76 bits per heavy atom. The van der Waals surface area contributed by atoms with Crippen molar-refractivity contribution in [2.75, 3.05) is 0 Å². The lowest BCUT2D eigenvalue weighted by Crippen LogP contribution is -2.47. The van der Waals surface area contributed by atoms with Gasteiger partial charge in [-0.25, -0.2) is 15.2 Å². The van der Waals surface area contributed by atoms with Gasteiger partial charge in [-0.15, -0.1) is 0 Å². The Kier molecular flexibility index (Phi) is 8.08. The van der Waals surface area contributed by atoms with E-state index in [9.17, 15) is 19.7 Å². The number of benzene rings is 2. The molecule has 0 saturated carbocycles. The lowest BCUT2D eigenvalue weighted by atomic mass is 10.1. The van der Waals surface area contributed by atoms with E-state index in [0.29, 0.717) is 11.3 Å². The van der Waals surface area contributed by atoms with Crippen molar-refractivity contribution in [3.05, 3.63) is 93.0 Å². The Morgan fingerprint density at radius 2 is 2.06 bits per heavy atom. The molecular formula is C21H19ClN6O5. The molecule has 33 heavy (non-hydrogen) atoms. The minimum atomic E-state index is -1.02. The monoisotopic (exact) mass is 470 g/mol. The van der Waals surface area contributed by atoms with Gasteiger partial charge in [0.15, 0.2) is 0 Å². The number of hydrogen-bond acceptors (Lipinski definition) is 7. The molecule has 11 nitrogen and oxygen atoms in total. The average Bonchev–Trinajstić information content (AvgIpc) is 3.32. The normalized spacial score (nSPS) is 11.7. The fourth-order valence-corrected chi connectivity index (χ4v) is 2.92. The maximum atomic E-state index is 12.6. The number of nitrogens with zero attached hydrogens (tertiary/aromatic N) is 3. The second-order valence-electron chi connectivity index (χ2n) is 6.74. The van der Waals surface area contributed by atoms with Gasteiger partial charge in [0.25, 0.3) is 11.6 Å². The number of hydrazone groups is 1. The Morgan fingerprint density at radius 1 is 1.27 bits per heavy atom. The number of amides is 2. The molecule has 1 heterocycles. The molecule has 0 aliphatic carbocycles. The molecule has 2 amide bonds. The van der Waals surface area contributed by atoms with Gasteiger partial charge in [-0.1, -0.05) is 48.0 Å². The number of imidazole rings is 1. The average molecular weight is 471 g/mol. The van der Waals surface area contributed by atoms with E-state index in [-0.39, 0.29) is 23.7 Å². The molecule has 1 atom stereocenters.